The molecule has 0 unspecified atom stereocenters. The molecule has 0 saturated carbocycles. The third kappa shape index (κ3) is 1.97. The second-order valence-electron chi connectivity index (χ2n) is 4.69. The molecule has 1 radical (unpaired) electrons. The number of nitrogens with zero attached hydrogens (tertiary/aromatic N) is 4. The van der Waals surface area contributed by atoms with Crippen LogP contribution in [0.1, 0.15) is 0 Å². The Bertz CT molecular complexity index is 882. The Labute approximate surface area is 121 Å². The average Bonchev–Trinajstić information content (AvgIpc) is 3.04. The largest absolute Gasteiger partial charge is 0.264 e. The average molecular weight is 271 g/mol. The van der Waals surface area contributed by atoms with Crippen LogP contribution in [0.4, 0.5) is 0 Å². The molecule has 0 spiro atoms. The number of aromatic nitrogens is 4. The Morgan fingerprint density at radius 3 is 2.57 bits per heavy atom. The van der Waals surface area contributed by atoms with Crippen LogP contribution in [-0.2, 0) is 0 Å². The van der Waals surface area contributed by atoms with Gasteiger partial charge in [0.1, 0.15) is 0 Å². The fraction of sp³-hybridized carbons (Fsp3) is 0. The molecule has 3 heterocycles. The maximum Gasteiger partial charge on any atom is 0.221 e. The molecule has 21 heavy (non-hydrogen) atoms. The molecule has 0 aliphatic carbocycles. The van der Waals surface area contributed by atoms with Gasteiger partial charge >= 0.3 is 0 Å². The van der Waals surface area contributed by atoms with Crippen molar-refractivity contribution in [2.75, 3.05) is 0 Å². The standard InChI is InChI=1S/C17H11N4/c1-2-5-13(6-3-1)15-8-10-21-17(19-12-20-21)16(15)14-7-4-9-18-11-14/h1-11H. The highest BCUT2D eigenvalue weighted by molar-refractivity contribution is 5.91. The Morgan fingerprint density at radius 1 is 0.905 bits per heavy atom. The van der Waals surface area contributed by atoms with E-state index in [1.807, 2.05) is 48.8 Å². The summed E-state index contributed by atoms with van der Waals surface area (Å²) in [4.78, 5) is 8.50. The molecule has 0 N–H and O–H groups in total. The van der Waals surface area contributed by atoms with E-state index in [2.05, 4.69) is 33.5 Å². The first-order valence-corrected chi connectivity index (χ1v) is 6.65. The summed E-state index contributed by atoms with van der Waals surface area (Å²) in [5.74, 6) is 0. The molecule has 0 fully saturated rings. The van der Waals surface area contributed by atoms with E-state index >= 15 is 0 Å². The lowest BCUT2D eigenvalue weighted by atomic mass is 9.97. The Hall–Kier alpha value is -3.01. The summed E-state index contributed by atoms with van der Waals surface area (Å²) in [6.07, 6.45) is 8.18. The molecule has 99 valence electrons. The molecule has 0 aliphatic rings. The van der Waals surface area contributed by atoms with Crippen molar-refractivity contribution in [1.29, 1.82) is 0 Å². The first-order valence-electron chi connectivity index (χ1n) is 6.65. The SMILES string of the molecule is [c]1nc2c(-c3cccnc3)c(-c3ccccc3)ccn2n1. The predicted octanol–water partition coefficient (Wildman–Crippen LogP) is 3.26. The van der Waals surface area contributed by atoms with Crippen molar-refractivity contribution in [1.82, 2.24) is 19.6 Å². The van der Waals surface area contributed by atoms with Gasteiger partial charge in [-0.3, -0.25) is 4.98 Å². The molecule has 4 nitrogen and oxygen atoms in total. The van der Waals surface area contributed by atoms with Crippen molar-refractivity contribution in [3.8, 4) is 22.3 Å². The quantitative estimate of drug-likeness (QED) is 0.562. The van der Waals surface area contributed by atoms with Gasteiger partial charge in [-0.2, -0.15) is 0 Å². The van der Waals surface area contributed by atoms with E-state index in [0.717, 1.165) is 27.9 Å². The van der Waals surface area contributed by atoms with E-state index in [4.69, 9.17) is 0 Å². The van der Waals surface area contributed by atoms with Crippen molar-refractivity contribution in [3.63, 3.8) is 0 Å². The first kappa shape index (κ1) is 11.8. The van der Waals surface area contributed by atoms with Crippen LogP contribution in [0.2, 0.25) is 0 Å². The van der Waals surface area contributed by atoms with Gasteiger partial charge in [0.25, 0.3) is 0 Å². The highest BCUT2D eigenvalue weighted by Gasteiger charge is 2.13. The lowest BCUT2D eigenvalue weighted by Crippen LogP contribution is -1.94. The lowest BCUT2D eigenvalue weighted by Gasteiger charge is -2.10. The molecule has 3 aromatic heterocycles. The fourth-order valence-electron chi connectivity index (χ4n) is 2.49. The molecule has 4 heteroatoms. The smallest absolute Gasteiger partial charge is 0.221 e. The summed E-state index contributed by atoms with van der Waals surface area (Å²) in [6.45, 7) is 0. The topological polar surface area (TPSA) is 43.1 Å². The van der Waals surface area contributed by atoms with E-state index in [9.17, 15) is 0 Å². The highest BCUT2D eigenvalue weighted by atomic mass is 15.3. The van der Waals surface area contributed by atoms with Gasteiger partial charge in [-0.15, -0.1) is 5.10 Å². The van der Waals surface area contributed by atoms with Gasteiger partial charge in [0.15, 0.2) is 5.65 Å². The molecule has 0 aliphatic heterocycles. The highest BCUT2D eigenvalue weighted by Crippen LogP contribution is 2.33. The second kappa shape index (κ2) is 4.83. The number of hydrogen-bond acceptors (Lipinski definition) is 3. The van der Waals surface area contributed by atoms with Gasteiger partial charge in [0.2, 0.25) is 6.33 Å². The van der Waals surface area contributed by atoms with Crippen LogP contribution >= 0.6 is 0 Å². The molecule has 4 aromatic rings. The number of rotatable bonds is 2. The fourth-order valence-corrected chi connectivity index (χ4v) is 2.49. The van der Waals surface area contributed by atoms with Gasteiger partial charge in [0, 0.05) is 29.7 Å². The van der Waals surface area contributed by atoms with Crippen LogP contribution in [0.15, 0.2) is 67.1 Å². The van der Waals surface area contributed by atoms with E-state index in [1.54, 1.807) is 10.7 Å². The minimum Gasteiger partial charge on any atom is -0.264 e. The van der Waals surface area contributed by atoms with Crippen LogP contribution in [-0.4, -0.2) is 19.6 Å². The van der Waals surface area contributed by atoms with Gasteiger partial charge in [-0.25, -0.2) is 9.50 Å². The molecule has 0 atom stereocenters. The van der Waals surface area contributed by atoms with Crippen molar-refractivity contribution < 1.29 is 0 Å². The van der Waals surface area contributed by atoms with Crippen LogP contribution in [0.3, 0.4) is 0 Å². The first-order chi connectivity index (χ1) is 10.4. The summed E-state index contributed by atoms with van der Waals surface area (Å²) in [7, 11) is 0. The maximum atomic E-state index is 4.28. The van der Waals surface area contributed by atoms with Crippen LogP contribution in [0.5, 0.6) is 0 Å². The number of hydrogen-bond donors (Lipinski definition) is 0. The minimum absolute atomic E-state index is 0.782. The summed E-state index contributed by atoms with van der Waals surface area (Å²) in [5.41, 5.74) is 5.07. The van der Waals surface area contributed by atoms with Crippen LogP contribution in [0, 0.1) is 6.33 Å². The van der Waals surface area contributed by atoms with E-state index in [0.29, 0.717) is 0 Å². The third-order valence-corrected chi connectivity index (χ3v) is 3.44. The molecule has 0 saturated heterocycles. The molecule has 0 amide bonds. The summed E-state index contributed by atoms with van der Waals surface area (Å²) >= 11 is 0. The maximum absolute atomic E-state index is 4.28. The molecule has 0 bridgehead atoms. The van der Waals surface area contributed by atoms with Crippen molar-refractivity contribution in [2.24, 2.45) is 0 Å². The minimum atomic E-state index is 0.782. The van der Waals surface area contributed by atoms with Gasteiger partial charge < -0.3 is 0 Å². The molecule has 1 aromatic carbocycles. The monoisotopic (exact) mass is 271 g/mol. The van der Waals surface area contributed by atoms with Crippen molar-refractivity contribution in [3.05, 3.63) is 73.4 Å². The summed E-state index contributed by atoms with van der Waals surface area (Å²) < 4.78 is 1.73. The van der Waals surface area contributed by atoms with Crippen LogP contribution < -0.4 is 0 Å². The summed E-state index contributed by atoms with van der Waals surface area (Å²) in [6, 6.07) is 16.3. The Balaban J connectivity index is 2.08. The van der Waals surface area contributed by atoms with Gasteiger partial charge in [-0.05, 0) is 23.3 Å². The summed E-state index contributed by atoms with van der Waals surface area (Å²) in [5, 5.41) is 4.10. The zero-order valence-corrected chi connectivity index (χ0v) is 11.1. The van der Waals surface area contributed by atoms with Gasteiger partial charge in [-0.1, -0.05) is 36.4 Å². The predicted molar refractivity (Wildman–Crippen MR) is 80.5 cm³/mol. The Kier molecular flexibility index (Phi) is 2.71. The molecular weight excluding hydrogens is 260 g/mol. The van der Waals surface area contributed by atoms with Gasteiger partial charge in [0.05, 0.1) is 0 Å². The zero-order chi connectivity index (χ0) is 14.1. The number of fused-ring (bicyclic) bond motifs is 1. The zero-order valence-electron chi connectivity index (χ0n) is 11.1. The molecule has 4 rings (SSSR count). The van der Waals surface area contributed by atoms with E-state index in [-0.39, 0.29) is 0 Å². The second-order valence-corrected chi connectivity index (χ2v) is 4.69. The lowest BCUT2D eigenvalue weighted by molar-refractivity contribution is 0.957. The van der Waals surface area contributed by atoms with E-state index in [1.165, 1.54) is 0 Å². The van der Waals surface area contributed by atoms with Crippen molar-refractivity contribution in [2.45, 2.75) is 0 Å². The van der Waals surface area contributed by atoms with Crippen LogP contribution in [0.25, 0.3) is 27.9 Å². The van der Waals surface area contributed by atoms with E-state index < -0.39 is 0 Å². The number of pyridine rings is 2. The Morgan fingerprint density at radius 2 is 1.76 bits per heavy atom. The molecular formula is C17H11N4. The normalized spacial score (nSPS) is 10.9. The van der Waals surface area contributed by atoms with Crippen molar-refractivity contribution >= 4 is 5.65 Å². The number of benzene rings is 1. The third-order valence-electron chi connectivity index (χ3n) is 3.44.